The van der Waals surface area contributed by atoms with Crippen LogP contribution in [0.25, 0.3) is 10.2 Å². The maximum atomic E-state index is 12.1. The minimum Gasteiger partial charge on any atom is -0.507 e. The molecule has 0 aliphatic carbocycles. The van der Waals surface area contributed by atoms with Gasteiger partial charge in [0.05, 0.1) is 27.8 Å². The van der Waals surface area contributed by atoms with Crippen LogP contribution in [-0.2, 0) is 9.53 Å². The van der Waals surface area contributed by atoms with Gasteiger partial charge in [0.2, 0.25) is 5.91 Å². The van der Waals surface area contributed by atoms with Crippen LogP contribution in [0.5, 0.6) is 5.75 Å². The fourth-order valence-electron chi connectivity index (χ4n) is 3.02. The molecule has 0 radical (unpaired) electrons. The highest BCUT2D eigenvalue weighted by atomic mass is 35.5. The van der Waals surface area contributed by atoms with Crippen molar-refractivity contribution in [1.82, 2.24) is 10.3 Å². The zero-order valence-electron chi connectivity index (χ0n) is 16.0. The second kappa shape index (κ2) is 9.78. The molecule has 3 aromatic rings. The lowest BCUT2D eigenvalue weighted by Gasteiger charge is -2.09. The van der Waals surface area contributed by atoms with Gasteiger partial charge in [0.1, 0.15) is 5.75 Å². The van der Waals surface area contributed by atoms with Crippen LogP contribution in [0.15, 0.2) is 45.7 Å². The van der Waals surface area contributed by atoms with E-state index < -0.39 is 0 Å². The van der Waals surface area contributed by atoms with Gasteiger partial charge in [-0.05, 0) is 49.2 Å². The average molecular weight is 462 g/mol. The first kappa shape index (κ1) is 21.1. The van der Waals surface area contributed by atoms with Gasteiger partial charge >= 0.3 is 0 Å². The zero-order chi connectivity index (χ0) is 20.9. The number of nitrogens with one attached hydrogen (secondary N) is 1. The Morgan fingerprint density at radius 2 is 2.30 bits per heavy atom. The summed E-state index contributed by atoms with van der Waals surface area (Å²) < 4.78 is 7.34. The summed E-state index contributed by atoms with van der Waals surface area (Å²) in [4.78, 5) is 21.1. The molecule has 2 heterocycles. The number of amides is 1. The Hall–Kier alpha value is -2.13. The molecule has 0 unspecified atom stereocenters. The van der Waals surface area contributed by atoms with E-state index in [0.717, 1.165) is 39.7 Å². The highest BCUT2D eigenvalue weighted by Gasteiger charge is 2.16. The highest BCUT2D eigenvalue weighted by molar-refractivity contribution is 8.01. The quantitative estimate of drug-likeness (QED) is 0.390. The van der Waals surface area contributed by atoms with Crippen molar-refractivity contribution in [2.24, 2.45) is 4.99 Å². The number of carbonyl (C=O) groups excluding carboxylic acids is 1. The minimum atomic E-state index is -0.0126. The highest BCUT2D eigenvalue weighted by Crippen LogP contribution is 2.32. The number of nitrogens with zero attached hydrogens (tertiary/aromatic N) is 2. The van der Waals surface area contributed by atoms with Crippen LogP contribution >= 0.6 is 34.7 Å². The molecule has 2 N–H and O–H groups in total. The molecule has 1 amide bonds. The summed E-state index contributed by atoms with van der Waals surface area (Å²) in [6, 6.07) is 10.5. The van der Waals surface area contributed by atoms with Crippen LogP contribution in [0.1, 0.15) is 18.4 Å². The molecular formula is C21H20ClN3O3S2. The molecule has 156 valence electrons. The van der Waals surface area contributed by atoms with Gasteiger partial charge in [0.25, 0.3) is 0 Å². The van der Waals surface area contributed by atoms with Gasteiger partial charge in [0.15, 0.2) is 4.34 Å². The molecule has 6 nitrogen and oxygen atoms in total. The van der Waals surface area contributed by atoms with Crippen LogP contribution in [0.2, 0.25) is 5.02 Å². The van der Waals surface area contributed by atoms with Gasteiger partial charge in [-0.15, -0.1) is 11.3 Å². The molecule has 1 saturated heterocycles. The Balaban J connectivity index is 1.36. The molecule has 0 saturated carbocycles. The summed E-state index contributed by atoms with van der Waals surface area (Å²) >= 11 is 8.92. The van der Waals surface area contributed by atoms with Gasteiger partial charge in [-0.1, -0.05) is 23.4 Å². The van der Waals surface area contributed by atoms with Crippen LogP contribution in [0, 0.1) is 0 Å². The van der Waals surface area contributed by atoms with Crippen molar-refractivity contribution in [3.05, 3.63) is 47.0 Å². The summed E-state index contributed by atoms with van der Waals surface area (Å²) in [7, 11) is 0. The van der Waals surface area contributed by atoms with E-state index in [0.29, 0.717) is 22.9 Å². The molecule has 1 atom stereocenters. The summed E-state index contributed by atoms with van der Waals surface area (Å²) in [6.45, 7) is 1.36. The normalized spacial score (nSPS) is 16.5. The number of ether oxygens (including phenoxy) is 1. The van der Waals surface area contributed by atoms with E-state index in [-0.39, 0.29) is 17.8 Å². The van der Waals surface area contributed by atoms with E-state index in [4.69, 9.17) is 16.3 Å². The van der Waals surface area contributed by atoms with Crippen molar-refractivity contribution < 1.29 is 14.6 Å². The molecule has 2 aromatic carbocycles. The third-order valence-corrected chi connectivity index (χ3v) is 6.97. The molecule has 30 heavy (non-hydrogen) atoms. The summed E-state index contributed by atoms with van der Waals surface area (Å²) in [5, 5.41) is 13.3. The van der Waals surface area contributed by atoms with Crippen molar-refractivity contribution in [3.63, 3.8) is 0 Å². The first-order chi connectivity index (χ1) is 14.6. The van der Waals surface area contributed by atoms with Crippen LogP contribution in [-0.4, -0.2) is 47.2 Å². The van der Waals surface area contributed by atoms with Crippen molar-refractivity contribution in [2.75, 3.05) is 18.9 Å². The lowest BCUT2D eigenvalue weighted by atomic mass is 10.2. The number of thioether (sulfide) groups is 1. The number of aliphatic imine (C=N–C) groups is 1. The van der Waals surface area contributed by atoms with Gasteiger partial charge in [0, 0.05) is 30.0 Å². The van der Waals surface area contributed by atoms with Crippen LogP contribution in [0.3, 0.4) is 0 Å². The number of fused-ring (bicyclic) bond motifs is 1. The third-order valence-electron chi connectivity index (χ3n) is 4.57. The number of aromatic hydroxyl groups is 1. The number of rotatable bonds is 7. The lowest BCUT2D eigenvalue weighted by molar-refractivity contribution is -0.119. The molecule has 9 heteroatoms. The van der Waals surface area contributed by atoms with E-state index in [9.17, 15) is 9.90 Å². The minimum absolute atomic E-state index is 0.0126. The molecule has 0 bridgehead atoms. The van der Waals surface area contributed by atoms with Crippen molar-refractivity contribution in [2.45, 2.75) is 23.3 Å². The van der Waals surface area contributed by atoms with Gasteiger partial charge < -0.3 is 15.2 Å². The second-order valence-corrected chi connectivity index (χ2v) is 9.51. The predicted molar refractivity (Wildman–Crippen MR) is 123 cm³/mol. The Kier molecular flexibility index (Phi) is 6.89. The number of phenolic OH excluding ortho intramolecular Hbond substituents is 1. The molecule has 1 aliphatic heterocycles. The first-order valence-electron chi connectivity index (χ1n) is 9.51. The van der Waals surface area contributed by atoms with E-state index in [1.165, 1.54) is 29.2 Å². The first-order valence-corrected chi connectivity index (χ1v) is 11.7. The summed E-state index contributed by atoms with van der Waals surface area (Å²) in [6.07, 6.45) is 3.80. The predicted octanol–water partition coefficient (Wildman–Crippen LogP) is 4.79. The van der Waals surface area contributed by atoms with E-state index >= 15 is 0 Å². The molecular weight excluding hydrogens is 442 g/mol. The number of aromatic nitrogens is 1. The summed E-state index contributed by atoms with van der Waals surface area (Å²) in [5.41, 5.74) is 2.17. The number of phenols is 1. The molecule has 4 rings (SSSR count). The maximum absolute atomic E-state index is 12.1. The number of halogens is 1. The van der Waals surface area contributed by atoms with Crippen molar-refractivity contribution >= 4 is 62.7 Å². The molecule has 1 aliphatic rings. The van der Waals surface area contributed by atoms with Gasteiger partial charge in [-0.3, -0.25) is 9.79 Å². The van der Waals surface area contributed by atoms with Crippen LogP contribution < -0.4 is 5.32 Å². The number of thiazole rings is 1. The average Bonchev–Trinajstić information content (AvgIpc) is 3.40. The van der Waals surface area contributed by atoms with Crippen molar-refractivity contribution in [3.8, 4) is 5.75 Å². The van der Waals surface area contributed by atoms with E-state index in [1.54, 1.807) is 18.3 Å². The smallest absolute Gasteiger partial charge is 0.230 e. The monoisotopic (exact) mass is 461 g/mol. The Bertz CT molecular complexity index is 1080. The zero-order valence-corrected chi connectivity index (χ0v) is 18.4. The number of benzene rings is 2. The number of hydrogen-bond acceptors (Lipinski definition) is 7. The lowest BCUT2D eigenvalue weighted by Crippen LogP contribution is -2.32. The Morgan fingerprint density at radius 1 is 1.40 bits per heavy atom. The van der Waals surface area contributed by atoms with Crippen molar-refractivity contribution in [1.29, 1.82) is 0 Å². The number of carbonyl (C=O) groups is 1. The Morgan fingerprint density at radius 3 is 3.13 bits per heavy atom. The maximum Gasteiger partial charge on any atom is 0.230 e. The summed E-state index contributed by atoms with van der Waals surface area (Å²) in [5.74, 6) is 0.436. The van der Waals surface area contributed by atoms with E-state index in [2.05, 4.69) is 15.3 Å². The van der Waals surface area contributed by atoms with E-state index in [1.807, 2.05) is 18.2 Å². The fourth-order valence-corrected chi connectivity index (χ4v) is 5.13. The van der Waals surface area contributed by atoms with Gasteiger partial charge in [-0.25, -0.2) is 4.98 Å². The molecule has 1 fully saturated rings. The topological polar surface area (TPSA) is 83.8 Å². The SMILES string of the molecule is O=C(CSc1nc2ccc(N=Cc3cc(Cl)ccc3O)cc2s1)NC[C@H]1CCCO1. The number of hydrogen-bond donors (Lipinski definition) is 2. The second-order valence-electron chi connectivity index (χ2n) is 6.82. The molecule has 0 spiro atoms. The van der Waals surface area contributed by atoms with Gasteiger partial charge in [-0.2, -0.15) is 0 Å². The largest absolute Gasteiger partial charge is 0.507 e. The fraction of sp³-hybridized carbons (Fsp3) is 0.286. The van der Waals surface area contributed by atoms with Crippen LogP contribution in [0.4, 0.5) is 5.69 Å². The Labute approximate surface area is 187 Å². The third kappa shape index (κ3) is 5.51. The standard InChI is InChI=1S/C21H20ClN3O3S2/c22-14-3-6-18(26)13(8-14)10-23-15-4-5-17-19(9-15)30-21(25-17)29-12-20(27)24-11-16-2-1-7-28-16/h3-6,8-10,16,26H,1-2,7,11-12H2,(H,24,27)/t16-/m1/s1. The molecule has 1 aromatic heterocycles.